The van der Waals surface area contributed by atoms with Crippen molar-refractivity contribution < 1.29 is 14.3 Å². The second-order valence-electron chi connectivity index (χ2n) is 5.53. The molecule has 0 bridgehead atoms. The number of aromatic nitrogens is 1. The van der Waals surface area contributed by atoms with Crippen LogP contribution in [0.2, 0.25) is 0 Å². The predicted molar refractivity (Wildman–Crippen MR) is 65.9 cm³/mol. The standard InChI is InChI=1S/C14H19NO3/c16-14(17)12-11(9-7-8-9)15-13(18-12)10-5-3-1-2-4-6-10/h9-10H,1-8H2,(H,16,17). The highest BCUT2D eigenvalue weighted by Crippen LogP contribution is 2.43. The van der Waals surface area contributed by atoms with Gasteiger partial charge in [-0.15, -0.1) is 0 Å². The summed E-state index contributed by atoms with van der Waals surface area (Å²) in [6.07, 6.45) is 9.24. The first kappa shape index (κ1) is 11.8. The van der Waals surface area contributed by atoms with Crippen LogP contribution >= 0.6 is 0 Å². The molecule has 0 aromatic carbocycles. The lowest BCUT2D eigenvalue weighted by atomic mass is 10.0. The molecule has 1 N–H and O–H groups in total. The highest BCUT2D eigenvalue weighted by atomic mass is 16.4. The van der Waals surface area contributed by atoms with Crippen LogP contribution in [-0.4, -0.2) is 16.1 Å². The Kier molecular flexibility index (Phi) is 3.10. The number of nitrogens with zero attached hydrogens (tertiary/aromatic N) is 1. The number of carboxylic acids is 1. The van der Waals surface area contributed by atoms with Gasteiger partial charge in [-0.1, -0.05) is 25.7 Å². The van der Waals surface area contributed by atoms with Gasteiger partial charge in [0, 0.05) is 11.8 Å². The largest absolute Gasteiger partial charge is 0.475 e. The summed E-state index contributed by atoms with van der Waals surface area (Å²) in [6, 6.07) is 0. The van der Waals surface area contributed by atoms with Gasteiger partial charge in [-0.05, 0) is 25.7 Å². The quantitative estimate of drug-likeness (QED) is 0.830. The summed E-state index contributed by atoms with van der Waals surface area (Å²) in [4.78, 5) is 15.7. The maximum absolute atomic E-state index is 11.2. The molecule has 2 aliphatic rings. The van der Waals surface area contributed by atoms with E-state index in [0.29, 0.717) is 23.4 Å². The molecule has 1 heterocycles. The van der Waals surface area contributed by atoms with Crippen molar-refractivity contribution in [2.75, 3.05) is 0 Å². The van der Waals surface area contributed by atoms with Gasteiger partial charge in [0.05, 0.1) is 5.69 Å². The second-order valence-corrected chi connectivity index (χ2v) is 5.53. The van der Waals surface area contributed by atoms with Crippen molar-refractivity contribution in [3.8, 4) is 0 Å². The van der Waals surface area contributed by atoms with Crippen molar-refractivity contribution in [2.24, 2.45) is 0 Å². The normalized spacial score (nSPS) is 21.8. The lowest BCUT2D eigenvalue weighted by Gasteiger charge is -2.08. The van der Waals surface area contributed by atoms with Gasteiger partial charge in [0.2, 0.25) is 5.76 Å². The second kappa shape index (κ2) is 4.75. The molecule has 1 aromatic rings. The summed E-state index contributed by atoms with van der Waals surface area (Å²) in [5, 5.41) is 9.18. The van der Waals surface area contributed by atoms with Gasteiger partial charge in [-0.25, -0.2) is 9.78 Å². The molecular formula is C14H19NO3. The van der Waals surface area contributed by atoms with E-state index in [-0.39, 0.29) is 5.76 Å². The molecule has 0 atom stereocenters. The van der Waals surface area contributed by atoms with E-state index in [1.807, 2.05) is 0 Å². The maximum atomic E-state index is 11.2. The van der Waals surface area contributed by atoms with Crippen LogP contribution in [0.4, 0.5) is 0 Å². The van der Waals surface area contributed by atoms with Crippen LogP contribution in [0.3, 0.4) is 0 Å². The number of hydrogen-bond acceptors (Lipinski definition) is 3. The number of carboxylic acid groups (broad SMARTS) is 1. The summed E-state index contributed by atoms with van der Waals surface area (Å²) in [6.45, 7) is 0. The maximum Gasteiger partial charge on any atom is 0.373 e. The van der Waals surface area contributed by atoms with Gasteiger partial charge in [-0.2, -0.15) is 0 Å². The molecule has 0 unspecified atom stereocenters. The van der Waals surface area contributed by atoms with E-state index in [9.17, 15) is 9.90 Å². The van der Waals surface area contributed by atoms with Gasteiger partial charge in [0.15, 0.2) is 5.89 Å². The van der Waals surface area contributed by atoms with E-state index >= 15 is 0 Å². The fourth-order valence-electron chi connectivity index (χ4n) is 2.84. The molecule has 0 saturated heterocycles. The first-order valence-corrected chi connectivity index (χ1v) is 6.99. The summed E-state index contributed by atoms with van der Waals surface area (Å²) < 4.78 is 5.56. The molecule has 4 nitrogen and oxygen atoms in total. The molecule has 0 radical (unpaired) electrons. The summed E-state index contributed by atoms with van der Waals surface area (Å²) in [5.41, 5.74) is 0.696. The Bertz CT molecular complexity index is 440. The van der Waals surface area contributed by atoms with E-state index in [4.69, 9.17) is 4.42 Å². The first-order valence-electron chi connectivity index (χ1n) is 6.99. The Hall–Kier alpha value is -1.32. The van der Waals surface area contributed by atoms with Crippen LogP contribution in [0.5, 0.6) is 0 Å². The van der Waals surface area contributed by atoms with Crippen molar-refractivity contribution >= 4 is 5.97 Å². The van der Waals surface area contributed by atoms with Gasteiger partial charge >= 0.3 is 5.97 Å². The Morgan fingerprint density at radius 3 is 2.28 bits per heavy atom. The molecule has 3 rings (SSSR count). The van der Waals surface area contributed by atoms with E-state index in [1.54, 1.807) is 0 Å². The van der Waals surface area contributed by atoms with Crippen molar-refractivity contribution in [2.45, 2.75) is 63.2 Å². The molecule has 0 amide bonds. The number of hydrogen-bond donors (Lipinski definition) is 1. The highest BCUT2D eigenvalue weighted by molar-refractivity contribution is 5.86. The van der Waals surface area contributed by atoms with Gasteiger partial charge in [0.25, 0.3) is 0 Å². The summed E-state index contributed by atoms with van der Waals surface area (Å²) in [5.74, 6) is 0.467. The minimum atomic E-state index is -0.968. The van der Waals surface area contributed by atoms with E-state index in [1.165, 1.54) is 25.7 Å². The number of aromatic carboxylic acids is 1. The Morgan fingerprint density at radius 1 is 1.06 bits per heavy atom. The van der Waals surface area contributed by atoms with E-state index < -0.39 is 5.97 Å². The van der Waals surface area contributed by atoms with Crippen LogP contribution in [0, 0.1) is 0 Å². The fourth-order valence-corrected chi connectivity index (χ4v) is 2.84. The van der Waals surface area contributed by atoms with Crippen molar-refractivity contribution in [1.29, 1.82) is 0 Å². The smallest absolute Gasteiger partial charge is 0.373 e. The Morgan fingerprint density at radius 2 is 1.72 bits per heavy atom. The molecule has 0 spiro atoms. The Balaban J connectivity index is 1.86. The first-order chi connectivity index (χ1) is 8.75. The SMILES string of the molecule is O=C(O)c1oc(C2CCCCCC2)nc1C1CC1. The third kappa shape index (κ3) is 2.28. The number of carbonyl (C=O) groups is 1. The van der Waals surface area contributed by atoms with Crippen LogP contribution in [0.15, 0.2) is 4.42 Å². The fraction of sp³-hybridized carbons (Fsp3) is 0.714. The highest BCUT2D eigenvalue weighted by Gasteiger charge is 2.34. The van der Waals surface area contributed by atoms with Crippen molar-refractivity contribution in [3.05, 3.63) is 17.3 Å². The minimum absolute atomic E-state index is 0.0942. The van der Waals surface area contributed by atoms with Crippen molar-refractivity contribution in [1.82, 2.24) is 4.98 Å². The molecule has 18 heavy (non-hydrogen) atoms. The monoisotopic (exact) mass is 249 g/mol. The summed E-state index contributed by atoms with van der Waals surface area (Å²) in [7, 11) is 0. The molecule has 2 aliphatic carbocycles. The zero-order chi connectivity index (χ0) is 12.5. The summed E-state index contributed by atoms with van der Waals surface area (Å²) >= 11 is 0. The van der Waals surface area contributed by atoms with Crippen LogP contribution < -0.4 is 0 Å². The number of oxazole rings is 1. The minimum Gasteiger partial charge on any atom is -0.475 e. The van der Waals surface area contributed by atoms with Crippen LogP contribution in [-0.2, 0) is 0 Å². The van der Waals surface area contributed by atoms with Crippen molar-refractivity contribution in [3.63, 3.8) is 0 Å². The topological polar surface area (TPSA) is 63.3 Å². The molecule has 98 valence electrons. The molecule has 2 fully saturated rings. The zero-order valence-electron chi connectivity index (χ0n) is 10.5. The lowest BCUT2D eigenvalue weighted by Crippen LogP contribution is -1.98. The van der Waals surface area contributed by atoms with Crippen LogP contribution in [0.1, 0.15) is 85.3 Å². The molecule has 2 saturated carbocycles. The predicted octanol–water partition coefficient (Wildman–Crippen LogP) is 3.69. The third-order valence-corrected chi connectivity index (χ3v) is 4.03. The van der Waals surface area contributed by atoms with Gasteiger partial charge < -0.3 is 9.52 Å². The van der Waals surface area contributed by atoms with E-state index in [0.717, 1.165) is 25.7 Å². The third-order valence-electron chi connectivity index (χ3n) is 4.03. The van der Waals surface area contributed by atoms with Gasteiger partial charge in [-0.3, -0.25) is 0 Å². The zero-order valence-corrected chi connectivity index (χ0v) is 10.5. The average molecular weight is 249 g/mol. The Labute approximate surface area is 106 Å². The molecule has 1 aromatic heterocycles. The lowest BCUT2D eigenvalue weighted by molar-refractivity contribution is 0.0657. The average Bonchev–Trinajstić information content (AvgIpc) is 3.14. The molecular weight excluding hydrogens is 230 g/mol. The van der Waals surface area contributed by atoms with E-state index in [2.05, 4.69) is 4.98 Å². The van der Waals surface area contributed by atoms with Crippen LogP contribution in [0.25, 0.3) is 0 Å². The molecule has 4 heteroatoms. The number of rotatable bonds is 3. The molecule has 0 aliphatic heterocycles. The van der Waals surface area contributed by atoms with Gasteiger partial charge in [0.1, 0.15) is 0 Å².